The standard InChI is InChI=1S/C16H18BrNO/c1-16(2,3)13-5-4-6-14(9-13)19-15-8-7-12(10-17)11-18-15/h4-9,11H,10H2,1-3H3. The summed E-state index contributed by atoms with van der Waals surface area (Å²) in [6.45, 7) is 6.57. The van der Waals surface area contributed by atoms with Gasteiger partial charge in [0.2, 0.25) is 5.88 Å². The molecule has 0 aliphatic heterocycles. The highest BCUT2D eigenvalue weighted by molar-refractivity contribution is 9.08. The Bertz CT molecular complexity index is 543. The van der Waals surface area contributed by atoms with Gasteiger partial charge in [-0.3, -0.25) is 0 Å². The molecular weight excluding hydrogens is 302 g/mol. The lowest BCUT2D eigenvalue weighted by atomic mass is 9.87. The summed E-state index contributed by atoms with van der Waals surface area (Å²) in [4.78, 5) is 4.28. The Morgan fingerprint density at radius 2 is 1.95 bits per heavy atom. The van der Waals surface area contributed by atoms with Gasteiger partial charge in [-0.15, -0.1) is 0 Å². The highest BCUT2D eigenvalue weighted by Gasteiger charge is 2.14. The molecule has 0 aliphatic carbocycles. The summed E-state index contributed by atoms with van der Waals surface area (Å²) in [7, 11) is 0. The van der Waals surface area contributed by atoms with Crippen molar-refractivity contribution in [1.82, 2.24) is 4.98 Å². The van der Waals surface area contributed by atoms with Crippen LogP contribution in [-0.4, -0.2) is 4.98 Å². The number of rotatable bonds is 3. The van der Waals surface area contributed by atoms with E-state index in [1.165, 1.54) is 5.56 Å². The van der Waals surface area contributed by atoms with Crippen molar-refractivity contribution in [3.05, 3.63) is 53.7 Å². The van der Waals surface area contributed by atoms with Crippen LogP contribution in [0.15, 0.2) is 42.6 Å². The summed E-state index contributed by atoms with van der Waals surface area (Å²) in [6.07, 6.45) is 1.82. The second kappa shape index (κ2) is 5.74. The minimum atomic E-state index is 0.118. The quantitative estimate of drug-likeness (QED) is 0.737. The molecule has 0 N–H and O–H groups in total. The molecule has 0 radical (unpaired) electrons. The third-order valence-corrected chi connectivity index (χ3v) is 3.52. The molecule has 19 heavy (non-hydrogen) atoms. The Labute approximate surface area is 123 Å². The van der Waals surface area contributed by atoms with Crippen LogP contribution in [0.5, 0.6) is 11.6 Å². The zero-order valence-electron chi connectivity index (χ0n) is 11.5. The molecule has 2 rings (SSSR count). The molecule has 1 heterocycles. The van der Waals surface area contributed by atoms with Crippen LogP contribution < -0.4 is 4.74 Å². The van der Waals surface area contributed by atoms with Crippen molar-refractivity contribution in [2.75, 3.05) is 0 Å². The second-order valence-corrected chi connectivity index (χ2v) is 6.08. The molecule has 0 fully saturated rings. The number of halogens is 1. The average molecular weight is 320 g/mol. The maximum absolute atomic E-state index is 5.79. The third-order valence-electron chi connectivity index (χ3n) is 2.87. The Morgan fingerprint density at radius 1 is 1.16 bits per heavy atom. The van der Waals surface area contributed by atoms with E-state index in [0.717, 1.165) is 16.6 Å². The molecule has 3 heteroatoms. The van der Waals surface area contributed by atoms with Crippen LogP contribution in [0.4, 0.5) is 0 Å². The van der Waals surface area contributed by atoms with Crippen molar-refractivity contribution >= 4 is 15.9 Å². The van der Waals surface area contributed by atoms with Crippen LogP contribution in [-0.2, 0) is 10.7 Å². The van der Waals surface area contributed by atoms with Crippen molar-refractivity contribution in [3.8, 4) is 11.6 Å². The zero-order chi connectivity index (χ0) is 13.9. The summed E-state index contributed by atoms with van der Waals surface area (Å²) in [6, 6.07) is 12.1. The highest BCUT2D eigenvalue weighted by Crippen LogP contribution is 2.27. The van der Waals surface area contributed by atoms with Crippen molar-refractivity contribution < 1.29 is 4.74 Å². The molecule has 0 unspecified atom stereocenters. The minimum absolute atomic E-state index is 0.118. The number of aromatic nitrogens is 1. The van der Waals surface area contributed by atoms with E-state index in [-0.39, 0.29) is 5.41 Å². The second-order valence-electron chi connectivity index (χ2n) is 5.52. The van der Waals surface area contributed by atoms with Gasteiger partial charge in [-0.1, -0.05) is 54.9 Å². The fourth-order valence-corrected chi connectivity index (χ4v) is 2.03. The number of pyridine rings is 1. The molecule has 0 aliphatic rings. The Balaban J connectivity index is 2.18. The Hall–Kier alpha value is -1.35. The van der Waals surface area contributed by atoms with Gasteiger partial charge in [0.1, 0.15) is 5.75 Å². The van der Waals surface area contributed by atoms with Gasteiger partial charge >= 0.3 is 0 Å². The summed E-state index contributed by atoms with van der Waals surface area (Å²) in [5.41, 5.74) is 2.50. The number of alkyl halides is 1. The topological polar surface area (TPSA) is 22.1 Å². The lowest BCUT2D eigenvalue weighted by Gasteiger charge is -2.19. The van der Waals surface area contributed by atoms with E-state index in [1.54, 1.807) is 0 Å². The molecule has 1 aromatic carbocycles. The van der Waals surface area contributed by atoms with Gasteiger partial charge in [0.15, 0.2) is 0 Å². The summed E-state index contributed by atoms with van der Waals surface area (Å²) in [5.74, 6) is 1.45. The van der Waals surface area contributed by atoms with Gasteiger partial charge < -0.3 is 4.74 Å². The van der Waals surface area contributed by atoms with Crippen molar-refractivity contribution in [2.45, 2.75) is 31.5 Å². The first-order valence-corrected chi connectivity index (χ1v) is 7.40. The SMILES string of the molecule is CC(C)(C)c1cccc(Oc2ccc(CBr)cn2)c1. The summed E-state index contributed by atoms with van der Waals surface area (Å²) in [5, 5.41) is 0.805. The molecule has 0 atom stereocenters. The molecule has 0 saturated heterocycles. The van der Waals surface area contributed by atoms with E-state index in [1.807, 2.05) is 30.5 Å². The predicted octanol–water partition coefficient (Wildman–Crippen LogP) is 5.07. The van der Waals surface area contributed by atoms with E-state index in [2.05, 4.69) is 53.8 Å². The molecule has 1 aromatic heterocycles. The largest absolute Gasteiger partial charge is 0.439 e. The van der Waals surface area contributed by atoms with Crippen LogP contribution in [0.1, 0.15) is 31.9 Å². The smallest absolute Gasteiger partial charge is 0.219 e. The van der Waals surface area contributed by atoms with Crippen LogP contribution >= 0.6 is 15.9 Å². The van der Waals surface area contributed by atoms with Gasteiger partial charge in [0.05, 0.1) is 0 Å². The van der Waals surface area contributed by atoms with Gasteiger partial charge in [0.25, 0.3) is 0 Å². The molecular formula is C16H18BrNO. The molecule has 0 spiro atoms. The van der Waals surface area contributed by atoms with Gasteiger partial charge in [0, 0.05) is 17.6 Å². The molecule has 100 valence electrons. The maximum Gasteiger partial charge on any atom is 0.219 e. The van der Waals surface area contributed by atoms with E-state index < -0.39 is 0 Å². The lowest BCUT2D eigenvalue weighted by Crippen LogP contribution is -2.10. The zero-order valence-corrected chi connectivity index (χ0v) is 13.1. The van der Waals surface area contributed by atoms with Crippen LogP contribution in [0.25, 0.3) is 0 Å². The van der Waals surface area contributed by atoms with Crippen LogP contribution in [0.3, 0.4) is 0 Å². The summed E-state index contributed by atoms with van der Waals surface area (Å²) < 4.78 is 5.79. The number of hydrogen-bond donors (Lipinski definition) is 0. The van der Waals surface area contributed by atoms with Crippen molar-refractivity contribution in [2.24, 2.45) is 0 Å². The van der Waals surface area contributed by atoms with Gasteiger partial charge in [-0.25, -0.2) is 4.98 Å². The summed E-state index contributed by atoms with van der Waals surface area (Å²) >= 11 is 3.40. The van der Waals surface area contributed by atoms with E-state index in [9.17, 15) is 0 Å². The average Bonchev–Trinajstić information content (AvgIpc) is 2.39. The first kappa shape index (κ1) is 14.1. The molecule has 2 nitrogen and oxygen atoms in total. The fourth-order valence-electron chi connectivity index (χ4n) is 1.70. The third kappa shape index (κ3) is 3.80. The van der Waals surface area contributed by atoms with Crippen molar-refractivity contribution in [3.63, 3.8) is 0 Å². The number of benzene rings is 1. The first-order chi connectivity index (χ1) is 8.99. The van der Waals surface area contributed by atoms with E-state index in [0.29, 0.717) is 5.88 Å². The number of ether oxygens (including phenoxy) is 1. The Morgan fingerprint density at radius 3 is 2.53 bits per heavy atom. The molecule has 0 bridgehead atoms. The predicted molar refractivity (Wildman–Crippen MR) is 82.1 cm³/mol. The normalized spacial score (nSPS) is 11.4. The lowest BCUT2D eigenvalue weighted by molar-refractivity contribution is 0.459. The highest BCUT2D eigenvalue weighted by atomic mass is 79.9. The van der Waals surface area contributed by atoms with Crippen LogP contribution in [0.2, 0.25) is 0 Å². The number of nitrogens with zero attached hydrogens (tertiary/aromatic N) is 1. The maximum atomic E-state index is 5.79. The Kier molecular flexibility index (Phi) is 4.25. The molecule has 2 aromatic rings. The van der Waals surface area contributed by atoms with E-state index >= 15 is 0 Å². The monoisotopic (exact) mass is 319 g/mol. The van der Waals surface area contributed by atoms with Crippen LogP contribution in [0, 0.1) is 0 Å². The fraction of sp³-hybridized carbons (Fsp3) is 0.312. The first-order valence-electron chi connectivity index (χ1n) is 6.28. The molecule has 0 amide bonds. The minimum Gasteiger partial charge on any atom is -0.439 e. The van der Waals surface area contributed by atoms with Gasteiger partial charge in [-0.2, -0.15) is 0 Å². The van der Waals surface area contributed by atoms with Gasteiger partial charge in [-0.05, 0) is 28.7 Å². The van der Waals surface area contributed by atoms with Crippen molar-refractivity contribution in [1.29, 1.82) is 0 Å². The molecule has 0 saturated carbocycles. The van der Waals surface area contributed by atoms with E-state index in [4.69, 9.17) is 4.74 Å². The number of hydrogen-bond acceptors (Lipinski definition) is 2.